The molecule has 0 spiro atoms. The second kappa shape index (κ2) is 6.76. The Balaban J connectivity index is 2.55. The van der Waals surface area contributed by atoms with Crippen molar-refractivity contribution in [3.05, 3.63) is 63.7 Å². The summed E-state index contributed by atoms with van der Waals surface area (Å²) in [5.41, 5.74) is 5.11. The smallest absolute Gasteiger partial charge is 0.207 e. The molecule has 0 bridgehead atoms. The third-order valence-electron chi connectivity index (χ3n) is 4.73. The highest BCUT2D eigenvalue weighted by Gasteiger charge is 2.26. The van der Waals surface area contributed by atoms with Crippen LogP contribution in [0.25, 0.3) is 0 Å². The molecule has 0 saturated heterocycles. The molecular formula is C19H22N2O2S. The molecule has 1 atom stereocenters. The topological polar surface area (TPSA) is 70.0 Å². The fourth-order valence-corrected chi connectivity index (χ4v) is 4.63. The second-order valence-corrected chi connectivity index (χ2v) is 7.70. The Morgan fingerprint density at radius 3 is 1.79 bits per heavy atom. The van der Waals surface area contributed by atoms with Gasteiger partial charge >= 0.3 is 0 Å². The molecule has 0 heterocycles. The molecule has 1 unspecified atom stereocenters. The van der Waals surface area contributed by atoms with Crippen LogP contribution in [0.4, 0.5) is 0 Å². The van der Waals surface area contributed by atoms with Crippen LogP contribution in [0, 0.1) is 45.9 Å². The third-order valence-corrected chi connectivity index (χ3v) is 6.43. The lowest BCUT2D eigenvalue weighted by Crippen LogP contribution is -2.29. The van der Waals surface area contributed by atoms with Crippen LogP contribution in [-0.2, 0) is 10.0 Å². The van der Waals surface area contributed by atoms with Crippen molar-refractivity contribution in [3.63, 3.8) is 0 Å². The third kappa shape index (κ3) is 3.21. The molecule has 0 saturated carbocycles. The molecule has 0 aromatic heterocycles. The van der Waals surface area contributed by atoms with Crippen LogP contribution in [0.5, 0.6) is 0 Å². The van der Waals surface area contributed by atoms with Gasteiger partial charge in [-0.15, -0.1) is 0 Å². The lowest BCUT2D eigenvalue weighted by Gasteiger charge is -2.20. The van der Waals surface area contributed by atoms with Crippen molar-refractivity contribution in [2.75, 3.05) is 0 Å². The monoisotopic (exact) mass is 342 g/mol. The number of sulfonamides is 1. The minimum absolute atomic E-state index is 0.277. The number of nitrogens with zero attached hydrogens (tertiary/aromatic N) is 1. The maximum Gasteiger partial charge on any atom is 0.242 e. The first-order valence-corrected chi connectivity index (χ1v) is 9.23. The molecule has 2 aromatic carbocycles. The maximum atomic E-state index is 13.0. The van der Waals surface area contributed by atoms with Gasteiger partial charge in [-0.1, -0.05) is 30.3 Å². The average Bonchev–Trinajstić information content (AvgIpc) is 2.57. The predicted molar refractivity (Wildman–Crippen MR) is 95.2 cm³/mol. The number of nitriles is 1. The molecule has 4 nitrogen and oxygen atoms in total. The molecule has 2 aromatic rings. The zero-order valence-electron chi connectivity index (χ0n) is 14.6. The summed E-state index contributed by atoms with van der Waals surface area (Å²) in [6.45, 7) is 9.47. The Hall–Kier alpha value is -2.16. The Kier molecular flexibility index (Phi) is 5.12. The minimum Gasteiger partial charge on any atom is -0.207 e. The van der Waals surface area contributed by atoms with Crippen molar-refractivity contribution >= 4 is 10.0 Å². The van der Waals surface area contributed by atoms with Crippen LogP contribution in [0.1, 0.15) is 39.4 Å². The molecule has 0 fully saturated rings. The van der Waals surface area contributed by atoms with Gasteiger partial charge in [-0.2, -0.15) is 9.98 Å². The van der Waals surface area contributed by atoms with E-state index in [0.717, 1.165) is 27.8 Å². The zero-order valence-corrected chi connectivity index (χ0v) is 15.5. The molecule has 24 heavy (non-hydrogen) atoms. The molecule has 0 aliphatic rings. The summed E-state index contributed by atoms with van der Waals surface area (Å²) in [6.07, 6.45) is 0. The minimum atomic E-state index is -3.82. The summed E-state index contributed by atoms with van der Waals surface area (Å²) in [4.78, 5) is 0.277. The lowest BCUT2D eigenvalue weighted by atomic mass is 9.95. The Labute approximate surface area is 144 Å². The summed E-state index contributed by atoms with van der Waals surface area (Å²) in [5, 5.41) is 9.40. The van der Waals surface area contributed by atoms with Gasteiger partial charge in [0.25, 0.3) is 0 Å². The van der Waals surface area contributed by atoms with E-state index in [-0.39, 0.29) is 4.90 Å². The van der Waals surface area contributed by atoms with Gasteiger partial charge in [0.15, 0.2) is 0 Å². The fraction of sp³-hybridized carbons (Fsp3) is 0.316. The van der Waals surface area contributed by atoms with Crippen molar-refractivity contribution in [1.82, 2.24) is 4.72 Å². The molecule has 0 aliphatic heterocycles. The van der Waals surface area contributed by atoms with E-state index >= 15 is 0 Å². The van der Waals surface area contributed by atoms with E-state index in [1.54, 1.807) is 24.3 Å². The van der Waals surface area contributed by atoms with Gasteiger partial charge < -0.3 is 0 Å². The first kappa shape index (κ1) is 18.2. The Morgan fingerprint density at radius 2 is 1.33 bits per heavy atom. The number of nitrogens with one attached hydrogen (secondary N) is 1. The Morgan fingerprint density at radius 1 is 0.875 bits per heavy atom. The quantitative estimate of drug-likeness (QED) is 0.919. The highest BCUT2D eigenvalue weighted by Crippen LogP contribution is 2.30. The molecule has 1 N–H and O–H groups in total. The van der Waals surface area contributed by atoms with Crippen molar-refractivity contribution in [1.29, 1.82) is 5.26 Å². The van der Waals surface area contributed by atoms with Crippen LogP contribution < -0.4 is 4.72 Å². The summed E-state index contributed by atoms with van der Waals surface area (Å²) in [5.74, 6) is 0. The summed E-state index contributed by atoms with van der Waals surface area (Å²) in [7, 11) is -3.82. The second-order valence-electron chi connectivity index (χ2n) is 6.05. The van der Waals surface area contributed by atoms with E-state index in [1.807, 2.05) is 46.8 Å². The van der Waals surface area contributed by atoms with Crippen molar-refractivity contribution in [2.24, 2.45) is 0 Å². The summed E-state index contributed by atoms with van der Waals surface area (Å²) in [6, 6.07) is 9.98. The number of rotatable bonds is 4. The van der Waals surface area contributed by atoms with Gasteiger partial charge in [0.05, 0.1) is 11.0 Å². The zero-order chi connectivity index (χ0) is 18.1. The van der Waals surface area contributed by atoms with Gasteiger partial charge in [-0.25, -0.2) is 8.42 Å². The van der Waals surface area contributed by atoms with Gasteiger partial charge in [-0.3, -0.25) is 0 Å². The normalized spacial score (nSPS) is 12.7. The van der Waals surface area contributed by atoms with Gasteiger partial charge in [0.1, 0.15) is 6.04 Å². The van der Waals surface area contributed by atoms with Crippen molar-refractivity contribution < 1.29 is 8.42 Å². The van der Waals surface area contributed by atoms with Crippen LogP contribution >= 0.6 is 0 Å². The van der Waals surface area contributed by atoms with Crippen LogP contribution in [-0.4, -0.2) is 8.42 Å². The first-order valence-electron chi connectivity index (χ1n) is 7.74. The molecule has 2 rings (SSSR count). The van der Waals surface area contributed by atoms with E-state index in [4.69, 9.17) is 0 Å². The van der Waals surface area contributed by atoms with Gasteiger partial charge in [0.2, 0.25) is 10.0 Å². The van der Waals surface area contributed by atoms with E-state index in [9.17, 15) is 13.7 Å². The number of benzene rings is 2. The molecule has 0 aliphatic carbocycles. The number of hydrogen-bond donors (Lipinski definition) is 1. The van der Waals surface area contributed by atoms with E-state index in [0.29, 0.717) is 5.56 Å². The van der Waals surface area contributed by atoms with Crippen molar-refractivity contribution in [2.45, 2.75) is 45.6 Å². The fourth-order valence-electron chi connectivity index (χ4n) is 2.90. The van der Waals surface area contributed by atoms with Crippen LogP contribution in [0.2, 0.25) is 0 Å². The highest BCUT2D eigenvalue weighted by atomic mass is 32.2. The van der Waals surface area contributed by atoms with E-state index in [2.05, 4.69) is 4.72 Å². The van der Waals surface area contributed by atoms with Gasteiger partial charge in [-0.05, 0) is 68.0 Å². The number of hydrogen-bond acceptors (Lipinski definition) is 3. The molecular weight excluding hydrogens is 320 g/mol. The SMILES string of the molecule is Cc1c(C)c(C)c(S(=O)(=O)NC(C#N)c2ccccc2)c(C)c1C. The van der Waals surface area contributed by atoms with Crippen LogP contribution in [0.3, 0.4) is 0 Å². The average molecular weight is 342 g/mol. The van der Waals surface area contributed by atoms with Gasteiger partial charge in [0, 0.05) is 0 Å². The predicted octanol–water partition coefficient (Wildman–Crippen LogP) is 3.77. The largest absolute Gasteiger partial charge is 0.242 e. The van der Waals surface area contributed by atoms with Crippen molar-refractivity contribution in [3.8, 4) is 6.07 Å². The first-order chi connectivity index (χ1) is 11.2. The molecule has 126 valence electrons. The molecule has 5 heteroatoms. The van der Waals surface area contributed by atoms with E-state index in [1.165, 1.54) is 0 Å². The molecule has 0 amide bonds. The summed E-state index contributed by atoms with van der Waals surface area (Å²) >= 11 is 0. The van der Waals surface area contributed by atoms with Crippen LogP contribution in [0.15, 0.2) is 35.2 Å². The standard InChI is InChI=1S/C19H22N2O2S/c1-12-13(2)15(4)19(16(5)14(12)3)24(22,23)21-18(11-20)17-9-7-6-8-10-17/h6-10,18,21H,1-5H3. The summed E-state index contributed by atoms with van der Waals surface area (Å²) < 4.78 is 28.5. The van der Waals surface area contributed by atoms with E-state index < -0.39 is 16.1 Å². The lowest BCUT2D eigenvalue weighted by molar-refractivity contribution is 0.574. The molecule has 0 radical (unpaired) electrons. The highest BCUT2D eigenvalue weighted by molar-refractivity contribution is 7.89. The maximum absolute atomic E-state index is 13.0. The Bertz CT molecular complexity index is 882.